The first-order valence-electron chi connectivity index (χ1n) is 5.39. The average Bonchev–Trinajstić information content (AvgIpc) is 2.92. The molecule has 19 heavy (non-hydrogen) atoms. The number of halogens is 1. The van der Waals surface area contributed by atoms with Gasteiger partial charge in [0.1, 0.15) is 0 Å². The van der Waals surface area contributed by atoms with Crippen LogP contribution in [-0.2, 0) is 0 Å². The van der Waals surface area contributed by atoms with Gasteiger partial charge in [0.2, 0.25) is 9.97 Å². The minimum absolute atomic E-state index is 0.256. The van der Waals surface area contributed by atoms with Gasteiger partial charge in [-0.3, -0.25) is 4.79 Å². The lowest BCUT2D eigenvalue weighted by Crippen LogP contribution is -2.12. The first kappa shape index (κ1) is 12.2. The summed E-state index contributed by atoms with van der Waals surface area (Å²) in [6.45, 7) is 1.79. The lowest BCUT2D eigenvalue weighted by Gasteiger charge is -2.02. The lowest BCUT2D eigenvalue weighted by atomic mass is 10.3. The summed E-state index contributed by atoms with van der Waals surface area (Å²) in [6, 6.07) is 7.38. The predicted octanol–water partition coefficient (Wildman–Crippen LogP) is 2.51. The third-order valence-electron chi connectivity index (χ3n) is 2.42. The minimum Gasteiger partial charge on any atom is -0.320 e. The fourth-order valence-corrected chi connectivity index (χ4v) is 2.74. The van der Waals surface area contributed by atoms with Crippen molar-refractivity contribution in [1.29, 1.82) is 0 Å². The summed E-state index contributed by atoms with van der Waals surface area (Å²) in [5.41, 5.74) is 0.710. The van der Waals surface area contributed by atoms with E-state index in [9.17, 15) is 4.79 Å². The molecule has 0 radical (unpaired) electrons. The summed E-state index contributed by atoms with van der Waals surface area (Å²) < 4.78 is 2.46. The van der Waals surface area contributed by atoms with E-state index >= 15 is 0 Å². The summed E-state index contributed by atoms with van der Waals surface area (Å²) in [5.74, 6) is 0.403. The highest BCUT2D eigenvalue weighted by Crippen LogP contribution is 2.18. The smallest absolute Gasteiger partial charge is 0.286 e. The Morgan fingerprint density at radius 3 is 3.00 bits per heavy atom. The Hall–Kier alpha value is -1.80. The van der Waals surface area contributed by atoms with Gasteiger partial charge in [0.25, 0.3) is 5.91 Å². The van der Waals surface area contributed by atoms with Crippen molar-refractivity contribution >= 4 is 43.8 Å². The predicted molar refractivity (Wildman–Crippen MR) is 75.5 cm³/mol. The Kier molecular flexibility index (Phi) is 3.03. The second-order valence-corrected chi connectivity index (χ2v) is 5.68. The number of rotatable bonds is 2. The average molecular weight is 338 g/mol. The number of carbonyl (C=O) groups excluding carboxylic acids is 1. The largest absolute Gasteiger partial charge is 0.320 e. The maximum Gasteiger partial charge on any atom is 0.286 e. The molecule has 96 valence electrons. The van der Waals surface area contributed by atoms with Gasteiger partial charge in [0.05, 0.1) is 0 Å². The van der Waals surface area contributed by atoms with Crippen molar-refractivity contribution in [3.05, 3.63) is 39.6 Å². The van der Waals surface area contributed by atoms with Crippen molar-refractivity contribution in [2.45, 2.75) is 6.92 Å². The fourth-order valence-electron chi connectivity index (χ4n) is 1.56. The topological polar surface area (TPSA) is 72.2 Å². The molecule has 2 aromatic heterocycles. The molecular formula is C11H8BrN5OS. The lowest BCUT2D eigenvalue weighted by molar-refractivity contribution is 0.102. The normalized spacial score (nSPS) is 10.8. The molecule has 1 aromatic carbocycles. The van der Waals surface area contributed by atoms with E-state index in [1.807, 2.05) is 24.3 Å². The van der Waals surface area contributed by atoms with Crippen LogP contribution in [0.25, 0.3) is 4.96 Å². The molecular weight excluding hydrogens is 330 g/mol. The molecule has 0 bridgehead atoms. The van der Waals surface area contributed by atoms with E-state index in [1.54, 1.807) is 11.4 Å². The van der Waals surface area contributed by atoms with Crippen LogP contribution in [0.3, 0.4) is 0 Å². The van der Waals surface area contributed by atoms with Gasteiger partial charge in [-0.05, 0) is 25.1 Å². The van der Waals surface area contributed by atoms with Crippen molar-refractivity contribution in [2.75, 3.05) is 5.32 Å². The van der Waals surface area contributed by atoms with Crippen LogP contribution < -0.4 is 5.32 Å². The van der Waals surface area contributed by atoms with Gasteiger partial charge in [-0.1, -0.05) is 33.3 Å². The highest BCUT2D eigenvalue weighted by Gasteiger charge is 2.15. The second-order valence-electron chi connectivity index (χ2n) is 3.81. The van der Waals surface area contributed by atoms with Gasteiger partial charge in [-0.2, -0.15) is 4.52 Å². The zero-order valence-electron chi connectivity index (χ0n) is 9.79. The van der Waals surface area contributed by atoms with Crippen LogP contribution in [0.2, 0.25) is 0 Å². The minimum atomic E-state index is -0.256. The molecule has 0 saturated carbocycles. The van der Waals surface area contributed by atoms with Crippen LogP contribution in [0.1, 0.15) is 15.6 Å². The number of nitrogens with one attached hydrogen (secondary N) is 1. The number of aryl methyl sites for hydroxylation is 1. The molecule has 0 atom stereocenters. The number of benzene rings is 1. The van der Waals surface area contributed by atoms with E-state index in [-0.39, 0.29) is 5.91 Å². The molecule has 0 aliphatic heterocycles. The molecule has 0 aliphatic rings. The van der Waals surface area contributed by atoms with Crippen molar-refractivity contribution in [1.82, 2.24) is 19.8 Å². The van der Waals surface area contributed by atoms with Gasteiger partial charge in [0, 0.05) is 10.2 Å². The van der Waals surface area contributed by atoms with E-state index < -0.39 is 0 Å². The molecule has 2 heterocycles. The standard InChI is InChI=1S/C11H8BrN5OS/c1-6-14-15-11-17(6)16-10(19-11)9(18)13-8-4-2-3-7(12)5-8/h2-5H,1H3,(H,13,18). The highest BCUT2D eigenvalue weighted by atomic mass is 79.9. The number of hydrogen-bond donors (Lipinski definition) is 1. The molecule has 0 spiro atoms. The quantitative estimate of drug-likeness (QED) is 0.779. The Morgan fingerprint density at radius 1 is 1.42 bits per heavy atom. The van der Waals surface area contributed by atoms with Crippen LogP contribution >= 0.6 is 27.3 Å². The van der Waals surface area contributed by atoms with E-state index in [0.717, 1.165) is 4.47 Å². The zero-order valence-corrected chi connectivity index (χ0v) is 12.2. The summed E-state index contributed by atoms with van der Waals surface area (Å²) >= 11 is 4.56. The van der Waals surface area contributed by atoms with E-state index in [1.165, 1.54) is 11.3 Å². The first-order valence-corrected chi connectivity index (χ1v) is 7.00. The monoisotopic (exact) mass is 337 g/mol. The van der Waals surface area contributed by atoms with Crippen molar-refractivity contribution < 1.29 is 4.79 Å². The Morgan fingerprint density at radius 2 is 2.26 bits per heavy atom. The van der Waals surface area contributed by atoms with Crippen molar-refractivity contribution in [2.24, 2.45) is 0 Å². The molecule has 0 saturated heterocycles. The second kappa shape index (κ2) is 4.71. The number of carbonyl (C=O) groups is 1. The summed E-state index contributed by atoms with van der Waals surface area (Å²) in [4.78, 5) is 12.7. The maximum atomic E-state index is 12.1. The Bertz CT molecular complexity index is 765. The molecule has 6 nitrogen and oxygen atoms in total. The number of nitrogens with zero attached hydrogens (tertiary/aromatic N) is 4. The van der Waals surface area contributed by atoms with Gasteiger partial charge in [-0.25, -0.2) is 0 Å². The third kappa shape index (κ3) is 2.36. The van der Waals surface area contributed by atoms with Gasteiger partial charge < -0.3 is 5.32 Å². The van der Waals surface area contributed by atoms with Gasteiger partial charge in [-0.15, -0.1) is 15.3 Å². The van der Waals surface area contributed by atoms with Crippen LogP contribution in [0.15, 0.2) is 28.7 Å². The summed E-state index contributed by atoms with van der Waals surface area (Å²) in [6.07, 6.45) is 0. The fraction of sp³-hybridized carbons (Fsp3) is 0.0909. The number of fused-ring (bicyclic) bond motifs is 1. The van der Waals surface area contributed by atoms with Crippen molar-refractivity contribution in [3.63, 3.8) is 0 Å². The molecule has 3 rings (SSSR count). The SMILES string of the molecule is Cc1nnc2sc(C(=O)Nc3cccc(Br)c3)nn12. The molecule has 3 aromatic rings. The number of amides is 1. The molecule has 1 amide bonds. The van der Waals surface area contributed by atoms with E-state index in [2.05, 4.69) is 36.5 Å². The third-order valence-corrected chi connectivity index (χ3v) is 3.81. The van der Waals surface area contributed by atoms with Crippen LogP contribution in [0.5, 0.6) is 0 Å². The van der Waals surface area contributed by atoms with Crippen LogP contribution in [-0.4, -0.2) is 25.7 Å². The van der Waals surface area contributed by atoms with E-state index in [4.69, 9.17) is 0 Å². The number of aromatic nitrogens is 4. The molecule has 1 N–H and O–H groups in total. The number of anilines is 1. The van der Waals surface area contributed by atoms with Crippen LogP contribution in [0, 0.1) is 6.92 Å². The first-order chi connectivity index (χ1) is 9.13. The molecule has 0 unspecified atom stereocenters. The van der Waals surface area contributed by atoms with Crippen molar-refractivity contribution in [3.8, 4) is 0 Å². The van der Waals surface area contributed by atoms with Gasteiger partial charge in [0.15, 0.2) is 5.82 Å². The van der Waals surface area contributed by atoms with Crippen LogP contribution in [0.4, 0.5) is 5.69 Å². The number of hydrogen-bond acceptors (Lipinski definition) is 5. The summed E-state index contributed by atoms with van der Waals surface area (Å²) in [5, 5.41) is 15.1. The Labute approximate surface area is 120 Å². The molecule has 8 heteroatoms. The van der Waals surface area contributed by atoms with Gasteiger partial charge >= 0.3 is 0 Å². The maximum absolute atomic E-state index is 12.1. The molecule has 0 aliphatic carbocycles. The highest BCUT2D eigenvalue weighted by molar-refractivity contribution is 9.10. The Balaban J connectivity index is 1.87. The molecule has 0 fully saturated rings. The van der Waals surface area contributed by atoms with E-state index in [0.29, 0.717) is 21.5 Å². The summed E-state index contributed by atoms with van der Waals surface area (Å²) in [7, 11) is 0. The zero-order chi connectivity index (χ0) is 13.4.